The van der Waals surface area contributed by atoms with Crippen molar-refractivity contribution in [2.45, 2.75) is 25.9 Å². The average molecular weight is 290 g/mol. The molecule has 7 heteroatoms. The lowest BCUT2D eigenvalue weighted by Gasteiger charge is -2.24. The number of nitrogens with one attached hydrogen (secondary N) is 2. The number of aromatic nitrogens is 2. The van der Waals surface area contributed by atoms with Gasteiger partial charge >= 0.3 is 5.69 Å². The van der Waals surface area contributed by atoms with Crippen LogP contribution in [0, 0.1) is 0 Å². The Morgan fingerprint density at radius 2 is 2.00 bits per heavy atom. The highest BCUT2D eigenvalue weighted by atomic mass is 16.2. The number of hydrogen-bond acceptors (Lipinski definition) is 4. The summed E-state index contributed by atoms with van der Waals surface area (Å²) in [4.78, 5) is 38.7. The first-order valence-corrected chi connectivity index (χ1v) is 6.57. The van der Waals surface area contributed by atoms with Crippen LogP contribution in [-0.2, 0) is 11.3 Å². The van der Waals surface area contributed by atoms with Gasteiger partial charge in [0, 0.05) is 12.1 Å². The smallest absolute Gasteiger partial charge is 0.329 e. The number of para-hydroxylation sites is 1. The third-order valence-electron chi connectivity index (χ3n) is 3.18. The molecule has 0 aliphatic rings. The maximum atomic E-state index is 12.3. The van der Waals surface area contributed by atoms with E-state index in [9.17, 15) is 14.4 Å². The number of benzene rings is 1. The van der Waals surface area contributed by atoms with Crippen molar-refractivity contribution in [3.05, 3.63) is 45.1 Å². The number of nitrogens with zero attached hydrogens (tertiary/aromatic N) is 1. The summed E-state index contributed by atoms with van der Waals surface area (Å²) in [6, 6.07) is 6.66. The van der Waals surface area contributed by atoms with Gasteiger partial charge in [0.05, 0.1) is 10.9 Å². The van der Waals surface area contributed by atoms with Crippen molar-refractivity contribution in [1.82, 2.24) is 14.9 Å². The van der Waals surface area contributed by atoms with Crippen molar-refractivity contribution in [3.63, 3.8) is 0 Å². The van der Waals surface area contributed by atoms with Gasteiger partial charge in [-0.1, -0.05) is 12.1 Å². The van der Waals surface area contributed by atoms with E-state index in [1.165, 1.54) is 0 Å². The number of hydrogen-bond donors (Lipinski definition) is 3. The minimum Gasteiger partial charge on any atom is -0.348 e. The van der Waals surface area contributed by atoms with Gasteiger partial charge in [-0.2, -0.15) is 0 Å². The van der Waals surface area contributed by atoms with Gasteiger partial charge in [0.25, 0.3) is 5.56 Å². The van der Waals surface area contributed by atoms with E-state index in [1.807, 2.05) is 0 Å². The fraction of sp³-hybridized carbons (Fsp3) is 0.357. The molecule has 0 spiro atoms. The first kappa shape index (κ1) is 15.0. The number of aromatic amines is 1. The summed E-state index contributed by atoms with van der Waals surface area (Å²) >= 11 is 0. The molecule has 0 fully saturated rings. The molecule has 0 saturated carbocycles. The van der Waals surface area contributed by atoms with E-state index in [0.717, 1.165) is 4.57 Å². The lowest BCUT2D eigenvalue weighted by Crippen LogP contribution is -2.51. The van der Waals surface area contributed by atoms with E-state index in [-0.39, 0.29) is 13.1 Å². The van der Waals surface area contributed by atoms with Gasteiger partial charge in [0.2, 0.25) is 5.91 Å². The van der Waals surface area contributed by atoms with E-state index in [2.05, 4.69) is 10.3 Å². The number of amides is 1. The highest BCUT2D eigenvalue weighted by molar-refractivity contribution is 5.79. The minimum absolute atomic E-state index is 0.252. The van der Waals surface area contributed by atoms with Crippen LogP contribution in [0.5, 0.6) is 0 Å². The summed E-state index contributed by atoms with van der Waals surface area (Å²) < 4.78 is 0.879. The third kappa shape index (κ3) is 3.19. The number of carbonyl (C=O) groups is 1. The van der Waals surface area contributed by atoms with Crippen molar-refractivity contribution in [3.8, 4) is 0 Å². The molecule has 7 nitrogen and oxygen atoms in total. The molecule has 112 valence electrons. The average Bonchev–Trinajstić information content (AvgIpc) is 2.43. The minimum atomic E-state index is -0.612. The quantitative estimate of drug-likeness (QED) is 0.708. The van der Waals surface area contributed by atoms with Gasteiger partial charge in [-0.3, -0.25) is 14.2 Å². The Labute approximate surface area is 120 Å². The summed E-state index contributed by atoms with van der Waals surface area (Å²) in [7, 11) is 0. The molecule has 1 amide bonds. The van der Waals surface area contributed by atoms with Crippen molar-refractivity contribution >= 4 is 16.8 Å². The standard InChI is InChI=1S/C14H18N4O3/c1-14(2,8-15)17-11(19)7-18-12(20)9-5-3-4-6-10(9)16-13(18)21/h3-6H,7-8,15H2,1-2H3,(H,16,21)(H,17,19). The fourth-order valence-electron chi connectivity index (χ4n) is 1.95. The first-order chi connectivity index (χ1) is 9.84. The summed E-state index contributed by atoms with van der Waals surface area (Å²) in [5, 5.41) is 3.04. The molecular weight excluding hydrogens is 272 g/mol. The molecule has 2 rings (SSSR count). The second kappa shape index (κ2) is 5.53. The van der Waals surface area contributed by atoms with Gasteiger partial charge in [0.1, 0.15) is 6.54 Å². The highest BCUT2D eigenvalue weighted by Gasteiger charge is 2.19. The Kier molecular flexibility index (Phi) is 3.95. The molecule has 0 unspecified atom stereocenters. The highest BCUT2D eigenvalue weighted by Crippen LogP contribution is 2.03. The van der Waals surface area contributed by atoms with Gasteiger partial charge in [-0.25, -0.2) is 4.79 Å². The lowest BCUT2D eigenvalue weighted by atomic mass is 10.1. The molecular formula is C14H18N4O3. The Bertz CT molecular complexity index is 789. The molecule has 0 aliphatic carbocycles. The van der Waals surface area contributed by atoms with Crippen molar-refractivity contribution < 1.29 is 4.79 Å². The largest absolute Gasteiger partial charge is 0.348 e. The molecule has 0 aliphatic heterocycles. The maximum absolute atomic E-state index is 12.3. The predicted octanol–water partition coefficient (Wildman–Crippen LogP) is -0.457. The van der Waals surface area contributed by atoms with Crippen molar-refractivity contribution in [1.29, 1.82) is 0 Å². The van der Waals surface area contributed by atoms with Crippen LogP contribution >= 0.6 is 0 Å². The topological polar surface area (TPSA) is 110 Å². The van der Waals surface area contributed by atoms with E-state index < -0.39 is 22.7 Å². The van der Waals surface area contributed by atoms with Crippen LogP contribution in [0.25, 0.3) is 10.9 Å². The zero-order valence-corrected chi connectivity index (χ0v) is 12.0. The molecule has 0 bridgehead atoms. The number of fused-ring (bicyclic) bond motifs is 1. The van der Waals surface area contributed by atoms with Crippen LogP contribution in [0.2, 0.25) is 0 Å². The number of H-pyrrole nitrogens is 1. The molecule has 1 heterocycles. The van der Waals surface area contributed by atoms with Crippen LogP contribution in [0.1, 0.15) is 13.8 Å². The van der Waals surface area contributed by atoms with E-state index >= 15 is 0 Å². The predicted molar refractivity (Wildman–Crippen MR) is 80.1 cm³/mol. The van der Waals surface area contributed by atoms with Crippen LogP contribution < -0.4 is 22.3 Å². The van der Waals surface area contributed by atoms with Crippen LogP contribution in [-0.4, -0.2) is 27.5 Å². The van der Waals surface area contributed by atoms with Crippen LogP contribution in [0.15, 0.2) is 33.9 Å². The maximum Gasteiger partial charge on any atom is 0.329 e. The molecule has 21 heavy (non-hydrogen) atoms. The van der Waals surface area contributed by atoms with Crippen LogP contribution in [0.3, 0.4) is 0 Å². The summed E-state index contributed by atoms with van der Waals surface area (Å²) in [5.74, 6) is -0.437. The molecule has 0 atom stereocenters. The molecule has 1 aromatic carbocycles. The number of carbonyl (C=O) groups excluding carboxylic acids is 1. The molecule has 1 aromatic heterocycles. The van der Waals surface area contributed by atoms with Gasteiger partial charge < -0.3 is 16.0 Å². The van der Waals surface area contributed by atoms with Crippen molar-refractivity contribution in [2.24, 2.45) is 5.73 Å². The van der Waals surface area contributed by atoms with Crippen LogP contribution in [0.4, 0.5) is 0 Å². The summed E-state index contributed by atoms with van der Waals surface area (Å²) in [5.41, 5.74) is 4.29. The Hall–Kier alpha value is -2.41. The molecule has 0 radical (unpaired) electrons. The Morgan fingerprint density at radius 1 is 1.33 bits per heavy atom. The Morgan fingerprint density at radius 3 is 2.67 bits per heavy atom. The SMILES string of the molecule is CC(C)(CN)NC(=O)Cn1c(=O)[nH]c2ccccc2c1=O. The molecule has 2 aromatic rings. The zero-order chi connectivity index (χ0) is 15.6. The number of rotatable bonds is 4. The second-order valence-electron chi connectivity index (χ2n) is 5.50. The van der Waals surface area contributed by atoms with E-state index in [0.29, 0.717) is 10.9 Å². The normalized spacial score (nSPS) is 11.6. The van der Waals surface area contributed by atoms with Gasteiger partial charge in [-0.05, 0) is 26.0 Å². The van der Waals surface area contributed by atoms with Gasteiger partial charge in [0.15, 0.2) is 0 Å². The Balaban J connectivity index is 2.37. The second-order valence-corrected chi connectivity index (χ2v) is 5.50. The molecule has 4 N–H and O–H groups in total. The fourth-order valence-corrected chi connectivity index (χ4v) is 1.95. The van der Waals surface area contributed by atoms with Gasteiger partial charge in [-0.15, -0.1) is 0 Å². The van der Waals surface area contributed by atoms with E-state index in [1.54, 1.807) is 38.1 Å². The lowest BCUT2D eigenvalue weighted by molar-refractivity contribution is -0.123. The summed E-state index contributed by atoms with van der Waals surface area (Å²) in [6.07, 6.45) is 0. The molecule has 0 saturated heterocycles. The van der Waals surface area contributed by atoms with E-state index in [4.69, 9.17) is 5.73 Å². The zero-order valence-electron chi connectivity index (χ0n) is 12.0. The number of nitrogens with two attached hydrogens (primary N) is 1. The van der Waals surface area contributed by atoms with Crippen molar-refractivity contribution in [2.75, 3.05) is 6.54 Å². The summed E-state index contributed by atoms with van der Waals surface area (Å²) in [6.45, 7) is 3.43. The monoisotopic (exact) mass is 290 g/mol. The first-order valence-electron chi connectivity index (χ1n) is 6.57. The third-order valence-corrected chi connectivity index (χ3v) is 3.18.